The first-order valence-corrected chi connectivity index (χ1v) is 26.6. The Kier molecular flexibility index (Phi) is 14.7. The molecule has 10 fully saturated rings. The molecule has 0 aromatic heterocycles. The number of benzene rings is 2. The van der Waals surface area contributed by atoms with Gasteiger partial charge in [0.15, 0.2) is 0 Å². The van der Waals surface area contributed by atoms with Crippen LogP contribution < -0.4 is 10.6 Å². The molecule has 3 aliphatic heterocycles. The van der Waals surface area contributed by atoms with E-state index < -0.39 is 61.7 Å². The molecular weight excluding hydrogens is 910 g/mol. The molecule has 71 heavy (non-hydrogen) atoms. The Hall–Kier alpha value is -3.92. The number of likely N-dealkylation sites (tertiary alicyclic amines) is 1. The van der Waals surface area contributed by atoms with E-state index in [4.69, 9.17) is 32.8 Å². The highest BCUT2D eigenvalue weighted by atomic mass is 19.1. The van der Waals surface area contributed by atoms with E-state index >= 15 is 0 Å². The van der Waals surface area contributed by atoms with E-state index in [1.165, 1.54) is 37.1 Å². The molecule has 3 heterocycles. The summed E-state index contributed by atoms with van der Waals surface area (Å²) in [5.41, 5.74) is 0.859. The minimum atomic E-state index is -0.655. The number of halogens is 2. The predicted octanol–water partition coefficient (Wildman–Crippen LogP) is 10.2. The Labute approximate surface area is 420 Å². The standard InChI is InChI=1S/C29H42BFN2O6.C25H35BFNO4/c1-27(2,3)37-26(35)33-13-7-8-21(17-33)36-25(34)32-24(14-18-9-11-20(31)12-10-18)30-38-23-16-19-15-22(28(19,4)5)29(23,6)39-30;1-24(2)17-14-20(24)25(3)21(15-17)31-26(32-25)22(13-16-9-11-18(27)12-10-16)28-23(29)30-19-7-5-4-6-8-19/h9-12,19,21-24H,7-8,13-17H2,1-6H3,(H,32,34);9-12,17,19-22H,4-8,13-15H2,1-3H3,(H,28,29)/t19-,21-,22-,23+,24-,29-;17-,20-,21+,22-,25-/m00/s1. The second-order valence-corrected chi connectivity index (χ2v) is 24.6. The van der Waals surface area contributed by atoms with Crippen LogP contribution in [0.1, 0.15) is 144 Å². The fourth-order valence-electron chi connectivity index (χ4n) is 13.7. The van der Waals surface area contributed by atoms with Gasteiger partial charge in [0.1, 0.15) is 29.4 Å². The third-order valence-corrected chi connectivity index (χ3v) is 18.1. The van der Waals surface area contributed by atoms with E-state index in [-0.39, 0.29) is 52.9 Å². The number of carbonyl (C=O) groups excluding carboxylic acids is 3. The molecular formula is C54H77B2F2N3O10. The van der Waals surface area contributed by atoms with Gasteiger partial charge in [-0.05, 0) is 182 Å². The maximum atomic E-state index is 13.6. The number of ether oxygens (including phenoxy) is 3. The van der Waals surface area contributed by atoms with Crippen LogP contribution in [0.15, 0.2) is 48.5 Å². The zero-order valence-electron chi connectivity index (χ0n) is 43.4. The maximum Gasteiger partial charge on any atom is 0.482 e. The van der Waals surface area contributed by atoms with Gasteiger partial charge < -0.3 is 48.4 Å². The smallest absolute Gasteiger partial charge is 0.446 e. The van der Waals surface area contributed by atoms with Crippen LogP contribution in [0.2, 0.25) is 0 Å². The van der Waals surface area contributed by atoms with E-state index in [0.717, 1.165) is 56.1 Å². The van der Waals surface area contributed by atoms with Gasteiger partial charge in [0.05, 0.1) is 41.8 Å². The number of alkyl carbamates (subject to hydrolysis) is 2. The molecule has 0 spiro atoms. The summed E-state index contributed by atoms with van der Waals surface area (Å²) < 4.78 is 70.2. The highest BCUT2D eigenvalue weighted by Crippen LogP contribution is 2.67. The Morgan fingerprint density at radius 1 is 0.662 bits per heavy atom. The lowest BCUT2D eigenvalue weighted by Gasteiger charge is -2.64. The molecule has 13 nitrogen and oxygen atoms in total. The van der Waals surface area contributed by atoms with E-state index in [1.807, 2.05) is 20.8 Å². The summed E-state index contributed by atoms with van der Waals surface area (Å²) in [4.78, 5) is 40.1. The molecule has 7 saturated carbocycles. The molecule has 0 radical (unpaired) electrons. The van der Waals surface area contributed by atoms with Crippen molar-refractivity contribution in [3.05, 3.63) is 71.3 Å². The molecule has 0 unspecified atom stereocenters. The number of hydrogen-bond donors (Lipinski definition) is 2. The third kappa shape index (κ3) is 11.0. The van der Waals surface area contributed by atoms with Gasteiger partial charge in [-0.25, -0.2) is 23.2 Å². The first-order valence-electron chi connectivity index (χ1n) is 26.6. The van der Waals surface area contributed by atoms with Crippen molar-refractivity contribution in [2.24, 2.45) is 34.5 Å². The van der Waals surface area contributed by atoms with Crippen LogP contribution in [0, 0.1) is 46.1 Å². The summed E-state index contributed by atoms with van der Waals surface area (Å²) in [6.45, 7) is 19.9. The fraction of sp³-hybridized carbons (Fsp3) is 0.722. The van der Waals surface area contributed by atoms with Gasteiger partial charge in [0.2, 0.25) is 0 Å². The van der Waals surface area contributed by atoms with Crippen LogP contribution in [0.4, 0.5) is 23.2 Å². The highest BCUT2D eigenvalue weighted by Gasteiger charge is 2.70. The van der Waals surface area contributed by atoms with Crippen LogP contribution in [0.25, 0.3) is 0 Å². The predicted molar refractivity (Wildman–Crippen MR) is 265 cm³/mol. The molecule has 11 atom stereocenters. The van der Waals surface area contributed by atoms with Crippen molar-refractivity contribution in [1.29, 1.82) is 0 Å². The van der Waals surface area contributed by atoms with Crippen molar-refractivity contribution in [1.82, 2.24) is 15.5 Å². The van der Waals surface area contributed by atoms with Crippen LogP contribution in [-0.2, 0) is 45.7 Å². The molecule has 10 aliphatic rings. The molecule has 388 valence electrons. The molecule has 12 rings (SSSR count). The molecule has 3 saturated heterocycles. The van der Waals surface area contributed by atoms with Crippen LogP contribution in [-0.4, -0.2) is 104 Å². The summed E-state index contributed by atoms with van der Waals surface area (Å²) in [5.74, 6) is 0.578. The Morgan fingerprint density at radius 3 is 1.54 bits per heavy atom. The monoisotopic (exact) mass is 988 g/mol. The molecule has 4 bridgehead atoms. The van der Waals surface area contributed by atoms with Gasteiger partial charge in [-0.2, -0.15) is 0 Å². The minimum absolute atomic E-state index is 0.0197. The van der Waals surface area contributed by atoms with E-state index in [1.54, 1.807) is 29.2 Å². The lowest BCUT2D eigenvalue weighted by atomic mass is 9.43. The number of nitrogens with zero attached hydrogens (tertiary/aromatic N) is 1. The van der Waals surface area contributed by atoms with Crippen LogP contribution in [0.5, 0.6) is 0 Å². The number of amides is 3. The zero-order valence-corrected chi connectivity index (χ0v) is 43.4. The zero-order chi connectivity index (χ0) is 50.7. The minimum Gasteiger partial charge on any atom is -0.446 e. The molecule has 17 heteroatoms. The summed E-state index contributed by atoms with van der Waals surface area (Å²) in [6.07, 6.45) is 9.87. The van der Waals surface area contributed by atoms with Gasteiger partial charge in [0.25, 0.3) is 0 Å². The van der Waals surface area contributed by atoms with Gasteiger partial charge in [-0.15, -0.1) is 0 Å². The average Bonchev–Trinajstić information content (AvgIpc) is 3.87. The molecule has 2 aromatic rings. The first-order chi connectivity index (χ1) is 33.5. The maximum absolute atomic E-state index is 13.6. The normalized spacial score (nSPS) is 33.1. The van der Waals surface area contributed by atoms with Crippen LogP contribution >= 0.6 is 0 Å². The lowest BCUT2D eigenvalue weighted by molar-refractivity contribution is -0.199. The highest BCUT2D eigenvalue weighted by molar-refractivity contribution is 6.48. The first kappa shape index (κ1) is 52.0. The quantitative estimate of drug-likeness (QED) is 0.174. The fourth-order valence-corrected chi connectivity index (χ4v) is 13.7. The van der Waals surface area contributed by atoms with Crippen molar-refractivity contribution in [2.75, 3.05) is 13.1 Å². The average molecular weight is 988 g/mol. The van der Waals surface area contributed by atoms with Gasteiger partial charge in [0, 0.05) is 6.54 Å². The van der Waals surface area contributed by atoms with Gasteiger partial charge >= 0.3 is 32.5 Å². The number of piperidine rings is 1. The molecule has 3 amide bonds. The second-order valence-electron chi connectivity index (χ2n) is 24.6. The number of carbonyl (C=O) groups is 3. The van der Waals surface area contributed by atoms with Gasteiger partial charge in [-0.3, -0.25) is 0 Å². The number of nitrogens with one attached hydrogen (secondary N) is 2. The molecule has 2 N–H and O–H groups in total. The second kappa shape index (κ2) is 20.1. The van der Waals surface area contributed by atoms with Crippen molar-refractivity contribution < 1.29 is 56.0 Å². The van der Waals surface area contributed by atoms with Gasteiger partial charge in [-0.1, -0.05) is 58.4 Å². The third-order valence-electron chi connectivity index (χ3n) is 18.1. The van der Waals surface area contributed by atoms with E-state index in [9.17, 15) is 23.2 Å². The number of hydrogen-bond acceptors (Lipinski definition) is 10. The van der Waals surface area contributed by atoms with Crippen LogP contribution in [0.3, 0.4) is 0 Å². The Balaban J connectivity index is 0.000000179. The molecule has 7 aliphatic carbocycles. The van der Waals surface area contributed by atoms with E-state index in [2.05, 4.69) is 52.2 Å². The molecule has 2 aromatic carbocycles. The summed E-state index contributed by atoms with van der Waals surface area (Å²) in [7, 11) is -1.21. The number of rotatable bonds is 10. The van der Waals surface area contributed by atoms with Crippen molar-refractivity contribution in [2.45, 2.75) is 199 Å². The summed E-state index contributed by atoms with van der Waals surface area (Å²) in [6, 6.07) is 12.6. The van der Waals surface area contributed by atoms with E-state index in [0.29, 0.717) is 55.9 Å². The van der Waals surface area contributed by atoms with Crippen molar-refractivity contribution in [3.63, 3.8) is 0 Å². The SMILES string of the molecule is CC(C)(C)OC(=O)N1CCC[C@H](OC(=O)N[C@@H](Cc2ccc(F)cc2)B2O[C@@H]3C[C@@H]4C[C@@H](C4(C)C)[C@]3(C)O2)C1.CC1(C)[C@@H]2C[C@H]3OB([C@H](Cc4ccc(F)cc4)NC(=O)OC4CCCCC4)O[C@@]3(C)[C@H]1C2. The lowest BCUT2D eigenvalue weighted by Crippen LogP contribution is -2.65. The summed E-state index contributed by atoms with van der Waals surface area (Å²) in [5, 5.41) is 6.03. The largest absolute Gasteiger partial charge is 0.482 e. The topological polar surface area (TPSA) is 143 Å². The Bertz CT molecular complexity index is 2230. The van der Waals surface area contributed by atoms with Crippen molar-refractivity contribution in [3.8, 4) is 0 Å². The summed E-state index contributed by atoms with van der Waals surface area (Å²) >= 11 is 0. The Morgan fingerprint density at radius 2 is 1.10 bits per heavy atom. The van der Waals surface area contributed by atoms with Crippen molar-refractivity contribution >= 4 is 32.5 Å².